The molecule has 0 saturated heterocycles. The number of carbonyl (C=O) groups is 1. The Morgan fingerprint density at radius 1 is 1.40 bits per heavy atom. The van der Waals surface area contributed by atoms with Crippen molar-refractivity contribution in [1.82, 2.24) is 4.98 Å². The van der Waals surface area contributed by atoms with Gasteiger partial charge in [0.05, 0.1) is 12.7 Å². The molecule has 0 aliphatic heterocycles. The van der Waals surface area contributed by atoms with E-state index in [2.05, 4.69) is 30.8 Å². The molecule has 1 aliphatic carbocycles. The lowest BCUT2D eigenvalue weighted by atomic mass is 9.75. The Balaban J connectivity index is 2.09. The molecule has 0 amide bonds. The van der Waals surface area contributed by atoms with Crippen LogP contribution in [0.5, 0.6) is 0 Å². The summed E-state index contributed by atoms with van der Waals surface area (Å²) < 4.78 is 4.76. The molecule has 110 valence electrons. The van der Waals surface area contributed by atoms with E-state index in [4.69, 9.17) is 4.74 Å². The first kappa shape index (κ1) is 14.8. The van der Waals surface area contributed by atoms with Gasteiger partial charge in [0.15, 0.2) is 0 Å². The fourth-order valence-electron chi connectivity index (χ4n) is 2.81. The first-order valence-electron chi connectivity index (χ1n) is 7.20. The van der Waals surface area contributed by atoms with Gasteiger partial charge in [-0.15, -0.1) is 0 Å². The molecule has 1 aliphatic rings. The van der Waals surface area contributed by atoms with E-state index in [9.17, 15) is 4.79 Å². The zero-order valence-corrected chi connectivity index (χ0v) is 12.8. The Kier molecular flexibility index (Phi) is 4.31. The number of aromatic nitrogens is 1. The highest BCUT2D eigenvalue weighted by Gasteiger charge is 2.29. The Bertz CT molecular complexity index is 475. The van der Waals surface area contributed by atoms with E-state index in [0.717, 1.165) is 5.82 Å². The highest BCUT2D eigenvalue weighted by Crippen LogP contribution is 2.37. The van der Waals surface area contributed by atoms with Crippen LogP contribution in [0.3, 0.4) is 0 Å². The molecule has 0 radical (unpaired) electrons. The molecule has 0 N–H and O–H groups in total. The molecular formula is C16H24N2O2. The maximum Gasteiger partial charge on any atom is 0.338 e. The van der Waals surface area contributed by atoms with Gasteiger partial charge in [0.2, 0.25) is 0 Å². The summed E-state index contributed by atoms with van der Waals surface area (Å²) >= 11 is 0. The number of hydrogen-bond donors (Lipinski definition) is 0. The highest BCUT2D eigenvalue weighted by atomic mass is 16.5. The Labute approximate surface area is 121 Å². The topological polar surface area (TPSA) is 42.4 Å². The van der Waals surface area contributed by atoms with Crippen LogP contribution in [0.15, 0.2) is 18.3 Å². The number of esters is 1. The molecule has 0 spiro atoms. The number of nitrogens with zero attached hydrogens (tertiary/aromatic N) is 2. The minimum Gasteiger partial charge on any atom is -0.465 e. The first-order valence-corrected chi connectivity index (χ1v) is 7.20. The van der Waals surface area contributed by atoms with Crippen molar-refractivity contribution in [3.8, 4) is 0 Å². The van der Waals surface area contributed by atoms with Crippen LogP contribution in [0.1, 0.15) is 49.9 Å². The second-order valence-corrected chi connectivity index (χ2v) is 6.40. The third-order valence-corrected chi connectivity index (χ3v) is 4.38. The second-order valence-electron chi connectivity index (χ2n) is 6.40. The van der Waals surface area contributed by atoms with E-state index >= 15 is 0 Å². The third kappa shape index (κ3) is 3.30. The number of anilines is 1. The monoisotopic (exact) mass is 276 g/mol. The van der Waals surface area contributed by atoms with Crippen molar-refractivity contribution in [3.05, 3.63) is 23.9 Å². The molecule has 4 heteroatoms. The lowest BCUT2D eigenvalue weighted by Gasteiger charge is -2.39. The van der Waals surface area contributed by atoms with Crippen molar-refractivity contribution in [3.63, 3.8) is 0 Å². The predicted octanol–water partition coefficient (Wildman–Crippen LogP) is 3.27. The zero-order valence-electron chi connectivity index (χ0n) is 12.8. The van der Waals surface area contributed by atoms with Gasteiger partial charge in [0, 0.05) is 19.3 Å². The molecule has 1 aromatic rings. The number of methoxy groups -OCH3 is 1. The van der Waals surface area contributed by atoms with Crippen molar-refractivity contribution in [1.29, 1.82) is 0 Å². The van der Waals surface area contributed by atoms with E-state index < -0.39 is 0 Å². The molecule has 2 rings (SSSR count). The van der Waals surface area contributed by atoms with Crippen LogP contribution in [0.4, 0.5) is 5.82 Å². The normalized spacial score (nSPS) is 18.6. The summed E-state index contributed by atoms with van der Waals surface area (Å²) in [5, 5.41) is 0. The molecule has 1 fully saturated rings. The lowest BCUT2D eigenvalue weighted by molar-refractivity contribution is 0.0600. The Morgan fingerprint density at radius 2 is 2.05 bits per heavy atom. The van der Waals surface area contributed by atoms with E-state index in [1.165, 1.54) is 32.8 Å². The molecule has 0 atom stereocenters. The van der Waals surface area contributed by atoms with Crippen LogP contribution in [0, 0.1) is 5.41 Å². The first-order chi connectivity index (χ1) is 9.43. The number of ether oxygens (including phenoxy) is 1. The summed E-state index contributed by atoms with van der Waals surface area (Å²) in [6.45, 7) is 4.67. The largest absolute Gasteiger partial charge is 0.465 e. The minimum absolute atomic E-state index is 0.313. The number of carbonyl (C=O) groups excluding carboxylic acids is 1. The molecule has 1 aromatic heterocycles. The van der Waals surface area contributed by atoms with Gasteiger partial charge < -0.3 is 9.64 Å². The van der Waals surface area contributed by atoms with Gasteiger partial charge in [-0.2, -0.15) is 0 Å². The summed E-state index contributed by atoms with van der Waals surface area (Å²) in [5.41, 5.74) is 1.01. The molecular weight excluding hydrogens is 252 g/mol. The zero-order chi connectivity index (χ0) is 14.8. The van der Waals surface area contributed by atoms with Crippen molar-refractivity contribution >= 4 is 11.8 Å². The quantitative estimate of drug-likeness (QED) is 0.795. The second kappa shape index (κ2) is 5.81. The summed E-state index contributed by atoms with van der Waals surface area (Å²) in [6.07, 6.45) is 6.49. The van der Waals surface area contributed by atoms with Gasteiger partial charge in [0.25, 0.3) is 0 Å². The SMILES string of the molecule is COC(=O)c1ccnc(N(C)C2CCC(C)(C)CC2)c1. The average molecular weight is 276 g/mol. The van der Waals surface area contributed by atoms with Crippen molar-refractivity contribution in [2.45, 2.75) is 45.6 Å². The van der Waals surface area contributed by atoms with Crippen LogP contribution < -0.4 is 4.90 Å². The smallest absolute Gasteiger partial charge is 0.338 e. The van der Waals surface area contributed by atoms with Gasteiger partial charge in [-0.05, 0) is 43.2 Å². The van der Waals surface area contributed by atoms with Crippen molar-refractivity contribution < 1.29 is 9.53 Å². The van der Waals surface area contributed by atoms with Crippen molar-refractivity contribution in [2.24, 2.45) is 5.41 Å². The van der Waals surface area contributed by atoms with Gasteiger partial charge >= 0.3 is 5.97 Å². The summed E-state index contributed by atoms with van der Waals surface area (Å²) in [4.78, 5) is 18.2. The average Bonchev–Trinajstić information content (AvgIpc) is 2.46. The van der Waals surface area contributed by atoms with Crippen LogP contribution in [-0.2, 0) is 4.74 Å². The maximum absolute atomic E-state index is 11.6. The van der Waals surface area contributed by atoms with E-state index in [-0.39, 0.29) is 5.97 Å². The third-order valence-electron chi connectivity index (χ3n) is 4.38. The summed E-state index contributed by atoms with van der Waals surface area (Å²) in [6, 6.07) is 4.00. The molecule has 0 aromatic carbocycles. The number of pyridine rings is 1. The van der Waals surface area contributed by atoms with Crippen LogP contribution in [0.2, 0.25) is 0 Å². The van der Waals surface area contributed by atoms with Gasteiger partial charge in [-0.1, -0.05) is 13.8 Å². The van der Waals surface area contributed by atoms with Crippen LogP contribution >= 0.6 is 0 Å². The number of rotatable bonds is 3. The fraction of sp³-hybridized carbons (Fsp3) is 0.625. The minimum atomic E-state index is -0.313. The Hall–Kier alpha value is -1.58. The van der Waals surface area contributed by atoms with E-state index in [1.54, 1.807) is 12.3 Å². The number of hydrogen-bond acceptors (Lipinski definition) is 4. The van der Waals surface area contributed by atoms with Gasteiger partial charge in [-0.3, -0.25) is 0 Å². The maximum atomic E-state index is 11.6. The standard InChI is InChI=1S/C16H24N2O2/c1-16(2)8-5-13(6-9-16)18(3)14-11-12(7-10-17-14)15(19)20-4/h7,10-11,13H,5-6,8-9H2,1-4H3. The predicted molar refractivity (Wildman–Crippen MR) is 80.0 cm³/mol. The molecule has 1 heterocycles. The molecule has 1 saturated carbocycles. The highest BCUT2D eigenvalue weighted by molar-refractivity contribution is 5.90. The van der Waals surface area contributed by atoms with Crippen LogP contribution in [-0.4, -0.2) is 31.2 Å². The molecule has 0 unspecified atom stereocenters. The van der Waals surface area contributed by atoms with Crippen molar-refractivity contribution in [2.75, 3.05) is 19.1 Å². The lowest BCUT2D eigenvalue weighted by Crippen LogP contribution is -2.37. The van der Waals surface area contributed by atoms with E-state index in [0.29, 0.717) is 17.0 Å². The Morgan fingerprint density at radius 3 is 2.65 bits per heavy atom. The van der Waals surface area contributed by atoms with E-state index in [1.807, 2.05) is 6.07 Å². The molecule has 4 nitrogen and oxygen atoms in total. The van der Waals surface area contributed by atoms with Gasteiger partial charge in [-0.25, -0.2) is 9.78 Å². The molecule has 0 bridgehead atoms. The van der Waals surface area contributed by atoms with Gasteiger partial charge in [0.1, 0.15) is 5.82 Å². The molecule has 20 heavy (non-hydrogen) atoms. The fourth-order valence-corrected chi connectivity index (χ4v) is 2.81. The van der Waals surface area contributed by atoms with Crippen LogP contribution in [0.25, 0.3) is 0 Å². The summed E-state index contributed by atoms with van der Waals surface area (Å²) in [7, 11) is 3.46. The summed E-state index contributed by atoms with van der Waals surface area (Å²) in [5.74, 6) is 0.532.